The molecule has 1 heterocycles. The molecule has 0 N–H and O–H groups in total. The van der Waals surface area contributed by atoms with E-state index >= 15 is 0 Å². The zero-order valence-electron chi connectivity index (χ0n) is 14.4. The van der Waals surface area contributed by atoms with Crippen LogP contribution in [0.15, 0.2) is 89.8 Å². The van der Waals surface area contributed by atoms with E-state index in [-0.39, 0.29) is 17.2 Å². The molecule has 0 radical (unpaired) electrons. The maximum atomic E-state index is 13.0. The molecule has 0 aliphatic carbocycles. The maximum absolute atomic E-state index is 13.0. The minimum absolute atomic E-state index is 0.000937. The number of thioether (sulfide) groups is 1. The smallest absolute Gasteiger partial charge is 0.243 e. The quantitative estimate of drug-likeness (QED) is 0.603. The van der Waals surface area contributed by atoms with E-state index in [2.05, 4.69) is 0 Å². The molecule has 4 rings (SSSR count). The Morgan fingerprint density at radius 3 is 2.08 bits per heavy atom. The van der Waals surface area contributed by atoms with Gasteiger partial charge in [-0.25, -0.2) is 0 Å². The van der Waals surface area contributed by atoms with E-state index in [9.17, 15) is 4.79 Å². The number of amides is 1. The number of ether oxygens (including phenoxy) is 1. The van der Waals surface area contributed by atoms with Gasteiger partial charge in [0.25, 0.3) is 0 Å². The van der Waals surface area contributed by atoms with Crippen LogP contribution in [-0.2, 0) is 4.79 Å². The van der Waals surface area contributed by atoms with E-state index in [4.69, 9.17) is 4.74 Å². The summed E-state index contributed by atoms with van der Waals surface area (Å²) < 4.78 is 5.27. The molecule has 2 atom stereocenters. The van der Waals surface area contributed by atoms with Gasteiger partial charge in [0.2, 0.25) is 5.91 Å². The summed E-state index contributed by atoms with van der Waals surface area (Å²) in [5, 5.41) is -0.133. The topological polar surface area (TPSA) is 29.5 Å². The van der Waals surface area contributed by atoms with Crippen molar-refractivity contribution in [1.29, 1.82) is 0 Å². The van der Waals surface area contributed by atoms with Crippen LogP contribution in [0.4, 0.5) is 5.69 Å². The van der Waals surface area contributed by atoms with Crippen molar-refractivity contribution in [3.05, 3.63) is 90.5 Å². The number of benzene rings is 3. The molecule has 4 heteroatoms. The monoisotopic (exact) mass is 361 g/mol. The fourth-order valence-corrected chi connectivity index (χ4v) is 4.45. The summed E-state index contributed by atoms with van der Waals surface area (Å²) >= 11 is 1.63. The van der Waals surface area contributed by atoms with Crippen molar-refractivity contribution in [2.24, 2.45) is 0 Å². The predicted octanol–water partition coefficient (Wildman–Crippen LogP) is 4.94. The molecule has 0 bridgehead atoms. The van der Waals surface area contributed by atoms with Crippen molar-refractivity contribution in [3.63, 3.8) is 0 Å². The Morgan fingerprint density at radius 1 is 0.846 bits per heavy atom. The van der Waals surface area contributed by atoms with E-state index < -0.39 is 0 Å². The molecule has 1 fully saturated rings. The number of nitrogens with zero attached hydrogens (tertiary/aromatic N) is 1. The molecule has 1 aliphatic rings. The van der Waals surface area contributed by atoms with Gasteiger partial charge in [0.1, 0.15) is 11.0 Å². The van der Waals surface area contributed by atoms with Gasteiger partial charge in [-0.3, -0.25) is 4.79 Å². The summed E-state index contributed by atoms with van der Waals surface area (Å²) in [4.78, 5) is 16.0. The summed E-state index contributed by atoms with van der Waals surface area (Å²) in [5.41, 5.74) is 2.05. The van der Waals surface area contributed by atoms with Crippen LogP contribution in [-0.4, -0.2) is 18.3 Å². The van der Waals surface area contributed by atoms with Crippen LogP contribution in [0.2, 0.25) is 0 Å². The number of carbonyl (C=O) groups is 1. The first-order valence-electron chi connectivity index (χ1n) is 8.52. The van der Waals surface area contributed by atoms with Crippen LogP contribution < -0.4 is 9.64 Å². The van der Waals surface area contributed by atoms with Crippen molar-refractivity contribution < 1.29 is 9.53 Å². The van der Waals surface area contributed by atoms with E-state index in [1.807, 2.05) is 89.8 Å². The summed E-state index contributed by atoms with van der Waals surface area (Å²) in [5.74, 6) is 0.962. The second kappa shape index (κ2) is 7.26. The van der Waals surface area contributed by atoms with Gasteiger partial charge in [-0.1, -0.05) is 48.5 Å². The molecule has 1 aliphatic heterocycles. The third-order valence-corrected chi connectivity index (χ3v) is 5.80. The third-order valence-electron chi connectivity index (χ3n) is 4.54. The lowest BCUT2D eigenvalue weighted by molar-refractivity contribution is -0.123. The van der Waals surface area contributed by atoms with E-state index in [0.717, 1.165) is 21.9 Å². The first kappa shape index (κ1) is 16.7. The molecule has 0 spiro atoms. The van der Waals surface area contributed by atoms with Gasteiger partial charge < -0.3 is 9.64 Å². The molecule has 26 heavy (non-hydrogen) atoms. The standard InChI is InChI=1S/C22H19NO2S/c1-25-18-14-12-16(13-15-18)20-21(26-19-10-6-3-7-11-19)22(24)23(20)17-8-4-2-5-9-17/h2-15,20-21H,1H3/t20-,21-/m1/s1. The highest BCUT2D eigenvalue weighted by Gasteiger charge is 2.49. The Morgan fingerprint density at radius 2 is 1.46 bits per heavy atom. The highest BCUT2D eigenvalue weighted by atomic mass is 32.2. The molecule has 0 saturated carbocycles. The van der Waals surface area contributed by atoms with Gasteiger partial charge in [0, 0.05) is 10.6 Å². The van der Waals surface area contributed by atoms with Crippen molar-refractivity contribution in [2.45, 2.75) is 16.2 Å². The highest BCUT2D eigenvalue weighted by molar-refractivity contribution is 8.00. The van der Waals surface area contributed by atoms with Gasteiger partial charge in [-0.2, -0.15) is 0 Å². The van der Waals surface area contributed by atoms with Crippen LogP contribution in [0.5, 0.6) is 5.75 Å². The van der Waals surface area contributed by atoms with Crippen LogP contribution in [0.3, 0.4) is 0 Å². The maximum Gasteiger partial charge on any atom is 0.243 e. The lowest BCUT2D eigenvalue weighted by Gasteiger charge is -2.47. The van der Waals surface area contributed by atoms with Crippen LogP contribution >= 0.6 is 11.8 Å². The molecular formula is C22H19NO2S. The number of methoxy groups -OCH3 is 1. The summed E-state index contributed by atoms with van der Waals surface area (Å²) in [6.45, 7) is 0. The number of rotatable bonds is 5. The van der Waals surface area contributed by atoms with Gasteiger partial charge in [0.15, 0.2) is 0 Å². The lowest BCUT2D eigenvalue weighted by atomic mass is 9.92. The molecule has 1 amide bonds. The van der Waals surface area contributed by atoms with Gasteiger partial charge >= 0.3 is 0 Å². The van der Waals surface area contributed by atoms with Crippen molar-refractivity contribution in [1.82, 2.24) is 0 Å². The molecule has 0 unspecified atom stereocenters. The molecular weight excluding hydrogens is 342 g/mol. The largest absolute Gasteiger partial charge is 0.497 e. The number of hydrogen-bond donors (Lipinski definition) is 0. The van der Waals surface area contributed by atoms with Crippen LogP contribution in [0.1, 0.15) is 11.6 Å². The average Bonchev–Trinajstić information content (AvgIpc) is 2.71. The minimum atomic E-state index is -0.133. The lowest BCUT2D eigenvalue weighted by Crippen LogP contribution is -2.57. The van der Waals surface area contributed by atoms with Crippen LogP contribution in [0, 0.1) is 0 Å². The molecule has 130 valence electrons. The van der Waals surface area contributed by atoms with Gasteiger partial charge in [-0.15, -0.1) is 11.8 Å². The number of β-lactam (4-membered cyclic amide) rings is 1. The fourth-order valence-electron chi connectivity index (χ4n) is 3.22. The average molecular weight is 361 g/mol. The molecule has 3 aromatic carbocycles. The summed E-state index contributed by atoms with van der Waals surface area (Å²) in [6, 6.07) is 27.9. The predicted molar refractivity (Wildman–Crippen MR) is 106 cm³/mol. The van der Waals surface area contributed by atoms with Crippen LogP contribution in [0.25, 0.3) is 0 Å². The SMILES string of the molecule is COc1ccc([C@@H]2[C@@H](Sc3ccccc3)C(=O)N2c2ccccc2)cc1. The Bertz CT molecular complexity index is 881. The minimum Gasteiger partial charge on any atom is -0.497 e. The second-order valence-corrected chi connectivity index (χ2v) is 7.33. The second-order valence-electron chi connectivity index (χ2n) is 6.11. The highest BCUT2D eigenvalue weighted by Crippen LogP contribution is 2.47. The number of anilines is 1. The number of hydrogen-bond acceptors (Lipinski definition) is 3. The summed E-state index contributed by atoms with van der Waals surface area (Å²) in [6.07, 6.45) is 0. The zero-order valence-corrected chi connectivity index (χ0v) is 15.2. The Labute approximate surface area is 157 Å². The fraction of sp³-hybridized carbons (Fsp3) is 0.136. The Hall–Kier alpha value is -2.72. The summed E-state index contributed by atoms with van der Waals surface area (Å²) in [7, 11) is 1.66. The zero-order chi connectivity index (χ0) is 17.9. The van der Waals surface area contributed by atoms with E-state index in [0.29, 0.717) is 0 Å². The molecule has 3 aromatic rings. The van der Waals surface area contributed by atoms with E-state index in [1.165, 1.54) is 0 Å². The van der Waals surface area contributed by atoms with E-state index in [1.54, 1.807) is 18.9 Å². The van der Waals surface area contributed by atoms with Gasteiger partial charge in [-0.05, 0) is 42.0 Å². The van der Waals surface area contributed by atoms with Crippen molar-refractivity contribution in [2.75, 3.05) is 12.0 Å². The van der Waals surface area contributed by atoms with Crippen molar-refractivity contribution in [3.8, 4) is 5.75 Å². The Kier molecular flexibility index (Phi) is 4.67. The first-order valence-corrected chi connectivity index (χ1v) is 9.39. The first-order chi connectivity index (χ1) is 12.8. The third kappa shape index (κ3) is 3.08. The molecule has 0 aromatic heterocycles. The van der Waals surface area contributed by atoms with Gasteiger partial charge in [0.05, 0.1) is 13.2 Å². The number of carbonyl (C=O) groups excluding carboxylic acids is 1. The number of para-hydroxylation sites is 1. The molecule has 3 nitrogen and oxygen atoms in total. The molecule has 1 saturated heterocycles. The normalized spacial score (nSPS) is 19.1. The Balaban J connectivity index is 1.67. The van der Waals surface area contributed by atoms with Crippen molar-refractivity contribution >= 4 is 23.4 Å².